The van der Waals surface area contributed by atoms with Crippen molar-refractivity contribution in [1.82, 2.24) is 25.0 Å². The fourth-order valence-corrected chi connectivity index (χ4v) is 3.32. The van der Waals surface area contributed by atoms with E-state index >= 15 is 0 Å². The van der Waals surface area contributed by atoms with Gasteiger partial charge in [-0.3, -0.25) is 19.4 Å². The highest BCUT2D eigenvalue weighted by Crippen LogP contribution is 2.19. The summed E-state index contributed by atoms with van der Waals surface area (Å²) in [5.41, 5.74) is 4.43. The van der Waals surface area contributed by atoms with E-state index in [1.807, 2.05) is 13.0 Å². The topological polar surface area (TPSA) is 63.1 Å². The van der Waals surface area contributed by atoms with E-state index in [0.29, 0.717) is 12.5 Å². The summed E-state index contributed by atoms with van der Waals surface area (Å²) in [6.45, 7) is 5.66. The average molecular weight is 339 g/mol. The number of fused-ring (bicyclic) bond motifs is 1. The lowest BCUT2D eigenvalue weighted by atomic mass is 10.2. The lowest BCUT2D eigenvalue weighted by molar-refractivity contribution is -0.121. The third-order valence-corrected chi connectivity index (χ3v) is 4.81. The van der Waals surface area contributed by atoms with E-state index in [1.54, 1.807) is 0 Å². The second kappa shape index (κ2) is 6.96. The van der Waals surface area contributed by atoms with Crippen LogP contribution in [0.2, 0.25) is 0 Å². The molecule has 4 rings (SSSR count). The van der Waals surface area contributed by atoms with Gasteiger partial charge in [0.05, 0.1) is 23.6 Å². The number of aromatic nitrogens is 3. The first-order chi connectivity index (χ1) is 12.2. The molecule has 0 saturated heterocycles. The summed E-state index contributed by atoms with van der Waals surface area (Å²) in [4.78, 5) is 18.8. The lowest BCUT2D eigenvalue weighted by Crippen LogP contribution is -2.33. The number of aryl methyl sites for hydroxylation is 2. The van der Waals surface area contributed by atoms with E-state index in [-0.39, 0.29) is 5.91 Å². The van der Waals surface area contributed by atoms with Crippen LogP contribution in [0.25, 0.3) is 0 Å². The number of hydrogen-bond donors (Lipinski definition) is 1. The summed E-state index contributed by atoms with van der Waals surface area (Å²) < 4.78 is 2.09. The maximum atomic E-state index is 11.8. The van der Waals surface area contributed by atoms with Gasteiger partial charge in [-0.25, -0.2) is 0 Å². The van der Waals surface area contributed by atoms with Crippen molar-refractivity contribution in [3.63, 3.8) is 0 Å². The molecule has 3 heterocycles. The SMILES string of the molecule is Cc1cccc(CN2CCn3nc(CCC(=O)NC4CC4)cc3C2)n1. The van der Waals surface area contributed by atoms with Gasteiger partial charge in [-0.15, -0.1) is 0 Å². The monoisotopic (exact) mass is 339 g/mol. The van der Waals surface area contributed by atoms with Crippen LogP contribution in [-0.4, -0.2) is 38.2 Å². The van der Waals surface area contributed by atoms with E-state index in [4.69, 9.17) is 0 Å². The van der Waals surface area contributed by atoms with Gasteiger partial charge in [-0.1, -0.05) is 6.07 Å². The number of nitrogens with zero attached hydrogens (tertiary/aromatic N) is 4. The van der Waals surface area contributed by atoms with Crippen LogP contribution in [0.15, 0.2) is 24.3 Å². The molecular formula is C19H25N5O. The molecule has 2 aromatic heterocycles. The summed E-state index contributed by atoms with van der Waals surface area (Å²) in [6, 6.07) is 8.77. The van der Waals surface area contributed by atoms with Gasteiger partial charge in [0.2, 0.25) is 5.91 Å². The predicted octanol–water partition coefficient (Wildman–Crippen LogP) is 1.81. The van der Waals surface area contributed by atoms with Gasteiger partial charge < -0.3 is 5.32 Å². The van der Waals surface area contributed by atoms with Gasteiger partial charge in [0.1, 0.15) is 0 Å². The second-order valence-corrected chi connectivity index (χ2v) is 7.17. The zero-order chi connectivity index (χ0) is 17.2. The lowest BCUT2D eigenvalue weighted by Gasteiger charge is -2.27. The normalized spacial score (nSPS) is 17.3. The summed E-state index contributed by atoms with van der Waals surface area (Å²) in [5, 5.41) is 7.70. The number of rotatable bonds is 6. The Morgan fingerprint density at radius 3 is 2.96 bits per heavy atom. The summed E-state index contributed by atoms with van der Waals surface area (Å²) in [5.74, 6) is 0.153. The van der Waals surface area contributed by atoms with Crippen LogP contribution in [-0.2, 0) is 30.8 Å². The number of hydrogen-bond acceptors (Lipinski definition) is 4. The Bertz CT molecular complexity index is 765. The summed E-state index contributed by atoms with van der Waals surface area (Å²) in [7, 11) is 0. The van der Waals surface area contributed by atoms with Crippen LogP contribution in [0.1, 0.15) is 42.0 Å². The third-order valence-electron chi connectivity index (χ3n) is 4.81. The molecule has 0 unspecified atom stereocenters. The Labute approximate surface area is 148 Å². The minimum absolute atomic E-state index is 0.153. The molecule has 1 aliphatic carbocycles. The molecule has 1 amide bonds. The molecule has 2 aliphatic rings. The third kappa shape index (κ3) is 4.25. The Morgan fingerprint density at radius 2 is 2.16 bits per heavy atom. The predicted molar refractivity (Wildman–Crippen MR) is 94.8 cm³/mol. The standard InChI is InChI=1S/C19H25N5O/c1-14-3-2-4-17(20-14)12-23-9-10-24-18(13-23)11-16(22-24)7-8-19(25)21-15-5-6-15/h2-4,11,15H,5-10,12-13H2,1H3,(H,21,25). The molecule has 132 valence electrons. The quantitative estimate of drug-likeness (QED) is 0.872. The van der Waals surface area contributed by atoms with Crippen molar-refractivity contribution in [1.29, 1.82) is 0 Å². The molecule has 1 N–H and O–H groups in total. The van der Waals surface area contributed by atoms with Crippen LogP contribution in [0.3, 0.4) is 0 Å². The smallest absolute Gasteiger partial charge is 0.220 e. The Morgan fingerprint density at radius 1 is 1.28 bits per heavy atom. The van der Waals surface area contributed by atoms with E-state index in [9.17, 15) is 4.79 Å². The van der Waals surface area contributed by atoms with E-state index < -0.39 is 0 Å². The molecule has 6 heteroatoms. The first-order valence-corrected chi connectivity index (χ1v) is 9.15. The van der Waals surface area contributed by atoms with Crippen molar-refractivity contribution in [3.8, 4) is 0 Å². The molecule has 0 radical (unpaired) electrons. The maximum absolute atomic E-state index is 11.8. The average Bonchev–Trinajstić information content (AvgIpc) is 3.29. The van der Waals surface area contributed by atoms with Gasteiger partial charge in [0, 0.05) is 44.2 Å². The van der Waals surface area contributed by atoms with Gasteiger partial charge in [0.25, 0.3) is 0 Å². The van der Waals surface area contributed by atoms with Crippen LogP contribution in [0.4, 0.5) is 0 Å². The molecule has 0 bridgehead atoms. The Balaban J connectivity index is 1.33. The first-order valence-electron chi connectivity index (χ1n) is 9.15. The van der Waals surface area contributed by atoms with Gasteiger partial charge in [-0.05, 0) is 38.0 Å². The largest absolute Gasteiger partial charge is 0.353 e. The molecule has 6 nitrogen and oxygen atoms in total. The molecule has 0 aromatic carbocycles. The minimum atomic E-state index is 0.153. The van der Waals surface area contributed by atoms with E-state index in [2.05, 4.69) is 43.2 Å². The molecule has 1 aliphatic heterocycles. The fourth-order valence-electron chi connectivity index (χ4n) is 3.32. The van der Waals surface area contributed by atoms with Crippen LogP contribution in [0.5, 0.6) is 0 Å². The van der Waals surface area contributed by atoms with Gasteiger partial charge in [0.15, 0.2) is 0 Å². The molecule has 0 atom stereocenters. The van der Waals surface area contributed by atoms with Crippen LogP contribution >= 0.6 is 0 Å². The van der Waals surface area contributed by atoms with Crippen molar-refractivity contribution in [2.75, 3.05) is 6.54 Å². The van der Waals surface area contributed by atoms with Crippen molar-refractivity contribution < 1.29 is 4.79 Å². The van der Waals surface area contributed by atoms with Gasteiger partial charge >= 0.3 is 0 Å². The number of amides is 1. The number of carbonyl (C=O) groups excluding carboxylic acids is 1. The Kier molecular flexibility index (Phi) is 4.53. The highest BCUT2D eigenvalue weighted by Gasteiger charge is 2.23. The molecule has 2 aromatic rings. The van der Waals surface area contributed by atoms with Crippen molar-refractivity contribution in [2.45, 2.75) is 58.3 Å². The first kappa shape index (κ1) is 16.3. The maximum Gasteiger partial charge on any atom is 0.220 e. The van der Waals surface area contributed by atoms with Crippen molar-refractivity contribution in [2.24, 2.45) is 0 Å². The summed E-state index contributed by atoms with van der Waals surface area (Å²) >= 11 is 0. The Hall–Kier alpha value is -2.21. The molecule has 1 fully saturated rings. The molecule has 1 saturated carbocycles. The molecule has 0 spiro atoms. The highest BCUT2D eigenvalue weighted by atomic mass is 16.1. The second-order valence-electron chi connectivity index (χ2n) is 7.17. The van der Waals surface area contributed by atoms with Gasteiger partial charge in [-0.2, -0.15) is 5.10 Å². The van der Waals surface area contributed by atoms with Crippen LogP contribution < -0.4 is 5.32 Å². The zero-order valence-electron chi connectivity index (χ0n) is 14.7. The highest BCUT2D eigenvalue weighted by molar-refractivity contribution is 5.76. The number of nitrogens with one attached hydrogen (secondary N) is 1. The molecular weight excluding hydrogens is 314 g/mol. The number of carbonyl (C=O) groups is 1. The van der Waals surface area contributed by atoms with E-state index in [1.165, 1.54) is 5.69 Å². The van der Waals surface area contributed by atoms with Crippen LogP contribution in [0, 0.1) is 6.92 Å². The minimum Gasteiger partial charge on any atom is -0.353 e. The number of pyridine rings is 1. The zero-order valence-corrected chi connectivity index (χ0v) is 14.7. The summed E-state index contributed by atoms with van der Waals surface area (Å²) in [6.07, 6.45) is 3.52. The fraction of sp³-hybridized carbons (Fsp3) is 0.526. The van der Waals surface area contributed by atoms with E-state index in [0.717, 1.165) is 62.5 Å². The van der Waals surface area contributed by atoms with Crippen molar-refractivity contribution >= 4 is 5.91 Å². The van der Waals surface area contributed by atoms with Crippen molar-refractivity contribution in [3.05, 3.63) is 47.0 Å². The molecule has 25 heavy (non-hydrogen) atoms.